The standard InChI is InChI=1S/C27H34N2S.C2H6/c1-3-7-23-14-18-28(19-15-23)26-16-20-29(21-17-26)30-27-12-10-25(11-13-27)22(2)24-8-5-4-6-9-24;1-2/h1,4-6,8,10-13,23-24,26H,2,7,9,14-21H2;1-2H3. The van der Waals surface area contributed by atoms with Crippen LogP contribution in [0.5, 0.6) is 0 Å². The molecule has 1 unspecified atom stereocenters. The molecule has 2 heterocycles. The smallest absolute Gasteiger partial charge is 0.0230 e. The van der Waals surface area contributed by atoms with Crippen LogP contribution in [0, 0.1) is 24.2 Å². The van der Waals surface area contributed by atoms with E-state index >= 15 is 0 Å². The summed E-state index contributed by atoms with van der Waals surface area (Å²) in [6.07, 6.45) is 21.4. The monoisotopic (exact) mass is 448 g/mol. The number of nitrogens with zero attached hydrogens (tertiary/aromatic N) is 2. The molecule has 1 aromatic carbocycles. The Morgan fingerprint density at radius 3 is 2.31 bits per heavy atom. The number of hydrogen-bond donors (Lipinski definition) is 0. The molecule has 0 radical (unpaired) electrons. The fourth-order valence-electron chi connectivity index (χ4n) is 4.92. The van der Waals surface area contributed by atoms with E-state index in [9.17, 15) is 0 Å². The highest BCUT2D eigenvalue weighted by Crippen LogP contribution is 2.32. The van der Waals surface area contributed by atoms with E-state index in [1.54, 1.807) is 0 Å². The quantitative estimate of drug-likeness (QED) is 0.339. The second kappa shape index (κ2) is 13.1. The summed E-state index contributed by atoms with van der Waals surface area (Å²) in [5.74, 6) is 4.04. The molecule has 3 heteroatoms. The summed E-state index contributed by atoms with van der Waals surface area (Å²) in [6.45, 7) is 13.2. The van der Waals surface area contributed by atoms with Gasteiger partial charge < -0.3 is 4.90 Å². The molecule has 2 fully saturated rings. The van der Waals surface area contributed by atoms with E-state index in [0.29, 0.717) is 5.92 Å². The van der Waals surface area contributed by atoms with Gasteiger partial charge in [-0.2, -0.15) is 0 Å². The highest BCUT2D eigenvalue weighted by atomic mass is 32.2. The van der Waals surface area contributed by atoms with Crippen molar-refractivity contribution in [3.05, 3.63) is 60.7 Å². The average Bonchev–Trinajstić information content (AvgIpc) is 2.87. The van der Waals surface area contributed by atoms with Crippen molar-refractivity contribution in [2.45, 2.75) is 63.3 Å². The van der Waals surface area contributed by atoms with E-state index in [-0.39, 0.29) is 0 Å². The molecule has 3 aliphatic rings. The van der Waals surface area contributed by atoms with E-state index in [0.717, 1.165) is 24.8 Å². The molecule has 1 aromatic rings. The molecular formula is C29H40N2S. The van der Waals surface area contributed by atoms with Crippen LogP contribution in [0.2, 0.25) is 0 Å². The number of likely N-dealkylation sites (tertiary alicyclic amines) is 1. The summed E-state index contributed by atoms with van der Waals surface area (Å²) >= 11 is 1.91. The first-order valence-electron chi connectivity index (χ1n) is 12.5. The highest BCUT2D eigenvalue weighted by Gasteiger charge is 2.28. The number of rotatable bonds is 6. The first-order valence-corrected chi connectivity index (χ1v) is 13.2. The molecule has 2 nitrogen and oxygen atoms in total. The van der Waals surface area contributed by atoms with Gasteiger partial charge in [0.05, 0.1) is 0 Å². The molecule has 0 N–H and O–H groups in total. The summed E-state index contributed by atoms with van der Waals surface area (Å²) in [7, 11) is 0. The third-order valence-electron chi connectivity index (χ3n) is 6.88. The lowest BCUT2D eigenvalue weighted by Crippen LogP contribution is -2.46. The number of terminal acetylenes is 1. The molecule has 32 heavy (non-hydrogen) atoms. The Bertz CT molecular complexity index is 801. The average molecular weight is 449 g/mol. The second-order valence-electron chi connectivity index (χ2n) is 8.84. The van der Waals surface area contributed by atoms with Crippen LogP contribution in [-0.2, 0) is 0 Å². The Kier molecular flexibility index (Phi) is 10.2. The van der Waals surface area contributed by atoms with Crippen LogP contribution < -0.4 is 0 Å². The van der Waals surface area contributed by atoms with Crippen molar-refractivity contribution in [3.63, 3.8) is 0 Å². The van der Waals surface area contributed by atoms with Gasteiger partial charge in [-0.1, -0.05) is 56.9 Å². The summed E-state index contributed by atoms with van der Waals surface area (Å²) in [4.78, 5) is 4.06. The summed E-state index contributed by atoms with van der Waals surface area (Å²) in [5.41, 5.74) is 2.48. The Hall–Kier alpha value is -1.73. The van der Waals surface area contributed by atoms with E-state index in [2.05, 4.69) is 70.3 Å². The molecule has 1 aliphatic carbocycles. The predicted molar refractivity (Wildman–Crippen MR) is 141 cm³/mol. The van der Waals surface area contributed by atoms with Gasteiger partial charge in [-0.05, 0) is 86.3 Å². The molecule has 2 saturated heterocycles. The number of benzene rings is 1. The zero-order valence-corrected chi connectivity index (χ0v) is 20.8. The van der Waals surface area contributed by atoms with Crippen molar-refractivity contribution in [1.29, 1.82) is 0 Å². The van der Waals surface area contributed by atoms with Crippen LogP contribution in [0.15, 0.2) is 60.0 Å². The van der Waals surface area contributed by atoms with Crippen molar-refractivity contribution in [2.75, 3.05) is 26.2 Å². The maximum Gasteiger partial charge on any atom is 0.0230 e. The van der Waals surface area contributed by atoms with E-state index in [1.165, 1.54) is 67.9 Å². The molecule has 2 aliphatic heterocycles. The van der Waals surface area contributed by atoms with Crippen molar-refractivity contribution < 1.29 is 0 Å². The summed E-state index contributed by atoms with van der Waals surface area (Å²) in [5, 5.41) is 0. The molecule has 0 amide bonds. The second-order valence-corrected chi connectivity index (χ2v) is 10.0. The Morgan fingerprint density at radius 1 is 1.03 bits per heavy atom. The van der Waals surface area contributed by atoms with E-state index in [1.807, 2.05) is 25.8 Å². The highest BCUT2D eigenvalue weighted by molar-refractivity contribution is 7.97. The molecule has 0 spiro atoms. The molecule has 172 valence electrons. The Labute approximate surface area is 201 Å². The largest absolute Gasteiger partial charge is 0.300 e. The molecule has 1 atom stereocenters. The van der Waals surface area contributed by atoms with Crippen LogP contribution in [0.4, 0.5) is 0 Å². The van der Waals surface area contributed by atoms with Crippen molar-refractivity contribution in [3.8, 4) is 12.3 Å². The molecule has 0 saturated carbocycles. The predicted octanol–water partition coefficient (Wildman–Crippen LogP) is 7.07. The first-order chi connectivity index (χ1) is 15.7. The minimum absolute atomic E-state index is 0.434. The normalized spacial score (nSPS) is 22.7. The Morgan fingerprint density at radius 2 is 1.72 bits per heavy atom. The van der Waals surface area contributed by atoms with E-state index < -0.39 is 0 Å². The van der Waals surface area contributed by atoms with Gasteiger partial charge in [-0.15, -0.1) is 12.3 Å². The van der Waals surface area contributed by atoms with Crippen molar-refractivity contribution in [1.82, 2.24) is 9.21 Å². The van der Waals surface area contributed by atoms with Crippen LogP contribution in [0.1, 0.15) is 57.9 Å². The number of allylic oxidation sites excluding steroid dienone is 5. The molecule has 4 rings (SSSR count). The minimum atomic E-state index is 0.434. The van der Waals surface area contributed by atoms with Crippen LogP contribution in [0.25, 0.3) is 5.57 Å². The SMILES string of the molecule is C#CCC1CCN(C2CCN(Sc3ccc(C(=C)C4C=CC=CC4)cc3)CC2)CC1.CC. The lowest BCUT2D eigenvalue weighted by atomic mass is 9.89. The lowest BCUT2D eigenvalue weighted by Gasteiger charge is -2.41. The van der Waals surface area contributed by atoms with Crippen LogP contribution >= 0.6 is 11.9 Å². The zero-order valence-electron chi connectivity index (χ0n) is 20.0. The van der Waals surface area contributed by atoms with Crippen LogP contribution in [-0.4, -0.2) is 41.4 Å². The lowest BCUT2D eigenvalue weighted by molar-refractivity contribution is 0.1000. The third-order valence-corrected chi connectivity index (χ3v) is 7.99. The fraction of sp³-hybridized carbons (Fsp3) is 0.517. The fourth-order valence-corrected chi connectivity index (χ4v) is 5.87. The minimum Gasteiger partial charge on any atom is -0.300 e. The summed E-state index contributed by atoms with van der Waals surface area (Å²) in [6, 6.07) is 9.76. The van der Waals surface area contributed by atoms with Gasteiger partial charge in [0.2, 0.25) is 0 Å². The van der Waals surface area contributed by atoms with Gasteiger partial charge in [0, 0.05) is 36.4 Å². The van der Waals surface area contributed by atoms with Crippen LogP contribution in [0.3, 0.4) is 0 Å². The van der Waals surface area contributed by atoms with Gasteiger partial charge >= 0.3 is 0 Å². The van der Waals surface area contributed by atoms with Crippen molar-refractivity contribution >= 4 is 17.5 Å². The third kappa shape index (κ3) is 6.88. The van der Waals surface area contributed by atoms with Gasteiger partial charge in [0.25, 0.3) is 0 Å². The molecule has 0 aromatic heterocycles. The van der Waals surface area contributed by atoms with Gasteiger partial charge in [0.15, 0.2) is 0 Å². The summed E-state index contributed by atoms with van der Waals surface area (Å²) < 4.78 is 2.54. The number of hydrogen-bond acceptors (Lipinski definition) is 3. The van der Waals surface area contributed by atoms with E-state index in [4.69, 9.17) is 6.42 Å². The topological polar surface area (TPSA) is 6.48 Å². The maximum absolute atomic E-state index is 5.49. The first kappa shape index (κ1) is 24.9. The van der Waals surface area contributed by atoms with Gasteiger partial charge in [-0.3, -0.25) is 0 Å². The van der Waals surface area contributed by atoms with Gasteiger partial charge in [0.1, 0.15) is 0 Å². The molecule has 0 bridgehead atoms. The number of piperidine rings is 2. The van der Waals surface area contributed by atoms with Gasteiger partial charge in [-0.25, -0.2) is 4.31 Å². The maximum atomic E-state index is 5.49. The Balaban J connectivity index is 0.00000141. The van der Waals surface area contributed by atoms with Crippen molar-refractivity contribution in [2.24, 2.45) is 11.8 Å². The molecular weight excluding hydrogens is 408 g/mol. The zero-order chi connectivity index (χ0) is 22.8.